The van der Waals surface area contributed by atoms with Crippen LogP contribution in [0.3, 0.4) is 0 Å². The molecule has 0 aliphatic heterocycles. The number of nitrogens with zero attached hydrogens (tertiary/aromatic N) is 1. The number of hydrogen-bond acceptors (Lipinski definition) is 3. The fourth-order valence-corrected chi connectivity index (χ4v) is 2.50. The monoisotopic (exact) mass is 328 g/mol. The Labute approximate surface area is 139 Å². The summed E-state index contributed by atoms with van der Waals surface area (Å²) in [7, 11) is 0. The van der Waals surface area contributed by atoms with Gasteiger partial charge in [-0.3, -0.25) is 0 Å². The van der Waals surface area contributed by atoms with Gasteiger partial charge in [-0.25, -0.2) is 13.8 Å². The number of oxazole rings is 1. The Bertz CT molecular complexity index is 835. The van der Waals surface area contributed by atoms with Crippen molar-refractivity contribution >= 4 is 11.7 Å². The van der Waals surface area contributed by atoms with Crippen molar-refractivity contribution in [1.29, 1.82) is 0 Å². The van der Waals surface area contributed by atoms with E-state index in [9.17, 15) is 8.78 Å². The van der Waals surface area contributed by atoms with Crippen molar-refractivity contribution in [2.45, 2.75) is 26.7 Å². The van der Waals surface area contributed by atoms with Gasteiger partial charge in [0.2, 0.25) is 0 Å². The van der Waals surface area contributed by atoms with Gasteiger partial charge in [0.15, 0.2) is 0 Å². The first-order valence-corrected chi connectivity index (χ1v) is 7.80. The summed E-state index contributed by atoms with van der Waals surface area (Å²) in [6, 6.07) is 10.8. The van der Waals surface area contributed by atoms with E-state index in [0.29, 0.717) is 23.8 Å². The highest BCUT2D eigenvalue weighted by molar-refractivity contribution is 5.53. The van der Waals surface area contributed by atoms with Crippen LogP contribution in [0, 0.1) is 18.6 Å². The molecule has 3 aromatic rings. The van der Waals surface area contributed by atoms with E-state index >= 15 is 0 Å². The molecule has 5 heteroatoms. The fraction of sp³-hybridized carbons (Fsp3) is 0.211. The topological polar surface area (TPSA) is 38.1 Å². The van der Waals surface area contributed by atoms with Crippen molar-refractivity contribution in [3.05, 3.63) is 76.7 Å². The third kappa shape index (κ3) is 3.62. The van der Waals surface area contributed by atoms with Gasteiger partial charge in [0.1, 0.15) is 17.4 Å². The van der Waals surface area contributed by atoms with Crippen molar-refractivity contribution in [2.24, 2.45) is 0 Å². The van der Waals surface area contributed by atoms with Gasteiger partial charge in [-0.2, -0.15) is 0 Å². The minimum absolute atomic E-state index is 0.00884. The van der Waals surface area contributed by atoms with Gasteiger partial charge in [-0.05, 0) is 48.7 Å². The zero-order valence-corrected chi connectivity index (χ0v) is 13.6. The maximum atomic E-state index is 14.1. The molecule has 2 aromatic carbocycles. The summed E-state index contributed by atoms with van der Waals surface area (Å²) in [6.07, 6.45) is 2.08. The molecule has 0 radical (unpaired) electrons. The first-order valence-electron chi connectivity index (χ1n) is 7.80. The second-order valence-corrected chi connectivity index (χ2v) is 5.69. The van der Waals surface area contributed by atoms with Crippen molar-refractivity contribution in [1.82, 2.24) is 4.98 Å². The van der Waals surface area contributed by atoms with E-state index in [0.717, 1.165) is 11.3 Å². The molecule has 0 aliphatic carbocycles. The maximum absolute atomic E-state index is 14.1. The van der Waals surface area contributed by atoms with Gasteiger partial charge < -0.3 is 9.73 Å². The summed E-state index contributed by atoms with van der Waals surface area (Å²) in [4.78, 5) is 4.11. The van der Waals surface area contributed by atoms with Crippen LogP contribution in [0.5, 0.6) is 0 Å². The molecule has 0 atom stereocenters. The lowest BCUT2D eigenvalue weighted by Crippen LogP contribution is -1.99. The lowest BCUT2D eigenvalue weighted by atomic mass is 10.0. The molecule has 0 aliphatic rings. The van der Waals surface area contributed by atoms with E-state index in [1.165, 1.54) is 18.3 Å². The standard InChI is InChI=1S/C19H18F2N2O/c1-3-13-8-17(20)16(18(21)9-13)10-15-11-22-19(24-15)23-14-6-4-5-12(2)7-14/h4-9,11H,3,10H2,1-2H3,(H,22,23). The number of halogens is 2. The van der Waals surface area contributed by atoms with Crippen molar-refractivity contribution < 1.29 is 13.2 Å². The average Bonchev–Trinajstić information content (AvgIpc) is 2.98. The molecule has 0 amide bonds. The van der Waals surface area contributed by atoms with Gasteiger partial charge in [-0.15, -0.1) is 0 Å². The third-order valence-electron chi connectivity index (χ3n) is 3.78. The lowest BCUT2D eigenvalue weighted by molar-refractivity contribution is 0.510. The van der Waals surface area contributed by atoms with E-state index in [-0.39, 0.29) is 12.0 Å². The van der Waals surface area contributed by atoms with Crippen LogP contribution in [0.25, 0.3) is 0 Å². The lowest BCUT2D eigenvalue weighted by Gasteiger charge is -2.06. The fourth-order valence-electron chi connectivity index (χ4n) is 2.50. The number of nitrogens with one attached hydrogen (secondary N) is 1. The van der Waals surface area contributed by atoms with Crippen LogP contribution in [-0.4, -0.2) is 4.98 Å². The largest absolute Gasteiger partial charge is 0.428 e. The second kappa shape index (κ2) is 6.83. The molecule has 1 heterocycles. The van der Waals surface area contributed by atoms with E-state index in [4.69, 9.17) is 4.42 Å². The zero-order chi connectivity index (χ0) is 17.1. The van der Waals surface area contributed by atoms with Crippen LogP contribution in [0.2, 0.25) is 0 Å². The summed E-state index contributed by atoms with van der Waals surface area (Å²) in [5.41, 5.74) is 2.57. The highest BCUT2D eigenvalue weighted by Crippen LogP contribution is 2.22. The van der Waals surface area contributed by atoms with Crippen LogP contribution < -0.4 is 5.32 Å². The van der Waals surface area contributed by atoms with E-state index in [1.807, 2.05) is 38.1 Å². The van der Waals surface area contributed by atoms with Crippen LogP contribution in [0.15, 0.2) is 47.0 Å². The normalized spacial score (nSPS) is 10.8. The van der Waals surface area contributed by atoms with E-state index in [2.05, 4.69) is 10.3 Å². The van der Waals surface area contributed by atoms with Gasteiger partial charge >= 0.3 is 0 Å². The van der Waals surface area contributed by atoms with Crippen molar-refractivity contribution in [3.63, 3.8) is 0 Å². The molecule has 124 valence electrons. The Morgan fingerprint density at radius 1 is 1.12 bits per heavy atom. The van der Waals surface area contributed by atoms with Gasteiger partial charge in [0.25, 0.3) is 6.01 Å². The summed E-state index contributed by atoms with van der Waals surface area (Å²) >= 11 is 0. The maximum Gasteiger partial charge on any atom is 0.299 e. The first-order chi connectivity index (χ1) is 11.5. The number of benzene rings is 2. The Hall–Kier alpha value is -2.69. The van der Waals surface area contributed by atoms with Crippen LogP contribution in [-0.2, 0) is 12.8 Å². The van der Waals surface area contributed by atoms with Gasteiger partial charge in [-0.1, -0.05) is 19.1 Å². The van der Waals surface area contributed by atoms with E-state index in [1.54, 1.807) is 0 Å². The summed E-state index contributed by atoms with van der Waals surface area (Å²) in [5.74, 6) is -0.722. The van der Waals surface area contributed by atoms with E-state index < -0.39 is 11.6 Å². The number of rotatable bonds is 5. The summed E-state index contributed by atoms with van der Waals surface area (Å²) in [6.45, 7) is 3.84. The molecule has 0 saturated heterocycles. The number of aryl methyl sites for hydroxylation is 2. The molecule has 1 N–H and O–H groups in total. The van der Waals surface area contributed by atoms with Gasteiger partial charge in [0, 0.05) is 17.7 Å². The molecule has 3 nitrogen and oxygen atoms in total. The number of hydrogen-bond donors (Lipinski definition) is 1. The SMILES string of the molecule is CCc1cc(F)c(Cc2cnc(Nc3cccc(C)c3)o2)c(F)c1. The van der Waals surface area contributed by atoms with Crippen LogP contribution in [0.1, 0.15) is 29.4 Å². The highest BCUT2D eigenvalue weighted by Gasteiger charge is 2.14. The number of anilines is 2. The molecule has 1 aromatic heterocycles. The minimum atomic E-state index is -0.559. The Balaban J connectivity index is 1.77. The van der Waals surface area contributed by atoms with Crippen molar-refractivity contribution in [3.8, 4) is 0 Å². The Morgan fingerprint density at radius 2 is 1.88 bits per heavy atom. The highest BCUT2D eigenvalue weighted by atomic mass is 19.1. The molecule has 0 fully saturated rings. The van der Waals surface area contributed by atoms with Crippen LogP contribution >= 0.6 is 0 Å². The number of aromatic nitrogens is 1. The molecular formula is C19H18F2N2O. The molecular weight excluding hydrogens is 310 g/mol. The summed E-state index contributed by atoms with van der Waals surface area (Å²) in [5, 5.41) is 3.03. The average molecular weight is 328 g/mol. The first kappa shape index (κ1) is 16.2. The molecule has 24 heavy (non-hydrogen) atoms. The Morgan fingerprint density at radius 3 is 2.54 bits per heavy atom. The quantitative estimate of drug-likeness (QED) is 0.703. The Kier molecular flexibility index (Phi) is 4.60. The minimum Gasteiger partial charge on any atom is -0.428 e. The smallest absolute Gasteiger partial charge is 0.299 e. The van der Waals surface area contributed by atoms with Crippen LogP contribution in [0.4, 0.5) is 20.5 Å². The molecule has 0 bridgehead atoms. The zero-order valence-electron chi connectivity index (χ0n) is 13.6. The predicted octanol–water partition coefficient (Wildman–Crippen LogP) is 5.16. The van der Waals surface area contributed by atoms with Gasteiger partial charge in [0.05, 0.1) is 6.20 Å². The molecule has 0 unspecified atom stereocenters. The molecule has 0 spiro atoms. The third-order valence-corrected chi connectivity index (χ3v) is 3.78. The summed E-state index contributed by atoms with van der Waals surface area (Å²) < 4.78 is 33.7. The van der Waals surface area contributed by atoms with Crippen molar-refractivity contribution in [2.75, 3.05) is 5.32 Å². The molecule has 0 saturated carbocycles. The predicted molar refractivity (Wildman–Crippen MR) is 89.5 cm³/mol. The second-order valence-electron chi connectivity index (χ2n) is 5.69. The molecule has 3 rings (SSSR count).